The van der Waals surface area contributed by atoms with E-state index in [-0.39, 0.29) is 29.6 Å². The molecule has 2 aromatic heterocycles. The third-order valence-corrected chi connectivity index (χ3v) is 15.9. The van der Waals surface area contributed by atoms with Gasteiger partial charge >= 0.3 is 12.1 Å². The summed E-state index contributed by atoms with van der Waals surface area (Å²) in [5, 5.41) is 13.8. The predicted molar refractivity (Wildman–Crippen MR) is 225 cm³/mol. The lowest BCUT2D eigenvalue weighted by Crippen LogP contribution is -2.49. The molecule has 0 unspecified atom stereocenters. The first-order chi connectivity index (χ1) is 26.4. The molecule has 12 heteroatoms. The number of hydrogen-bond donors (Lipinski definition) is 2. The number of carboxylic acid groups (broad SMARTS) is 1. The Morgan fingerprint density at radius 1 is 1.07 bits per heavy atom. The summed E-state index contributed by atoms with van der Waals surface area (Å²) in [6.07, 6.45) is 1.29. The molecule has 56 heavy (non-hydrogen) atoms. The molecule has 11 nitrogen and oxygen atoms in total. The van der Waals surface area contributed by atoms with Crippen molar-refractivity contribution in [2.45, 2.75) is 111 Å². The first-order valence-electron chi connectivity index (χ1n) is 19.8. The van der Waals surface area contributed by atoms with Gasteiger partial charge in [0.15, 0.2) is 8.32 Å². The van der Waals surface area contributed by atoms with E-state index >= 15 is 0 Å². The number of alkyl carbamates (subject to hydrolysis) is 1. The van der Waals surface area contributed by atoms with Gasteiger partial charge in [-0.05, 0) is 85.3 Å². The highest BCUT2D eigenvalue weighted by Gasteiger charge is 2.39. The predicted octanol–water partition coefficient (Wildman–Crippen LogP) is 9.00. The molecule has 3 atom stereocenters. The number of nitrogens with zero attached hydrogens (tertiary/aromatic N) is 3. The number of aromatic nitrogens is 2. The molecule has 2 aromatic carbocycles. The molecule has 4 aromatic rings. The van der Waals surface area contributed by atoms with Crippen molar-refractivity contribution in [1.29, 1.82) is 0 Å². The third kappa shape index (κ3) is 10.2. The molecule has 1 amide bonds. The van der Waals surface area contributed by atoms with Crippen LogP contribution in [0, 0.1) is 5.41 Å². The van der Waals surface area contributed by atoms with Crippen LogP contribution < -0.4 is 10.2 Å². The molecule has 0 aliphatic carbocycles. The fourth-order valence-corrected chi connectivity index (χ4v) is 8.27. The zero-order chi connectivity index (χ0) is 40.8. The highest BCUT2D eigenvalue weighted by molar-refractivity contribution is 6.74. The molecule has 3 heterocycles. The summed E-state index contributed by atoms with van der Waals surface area (Å²) < 4.78 is 26.5. The number of morpholine rings is 1. The average molecular weight is 787 g/mol. The van der Waals surface area contributed by atoms with Crippen LogP contribution >= 0.6 is 0 Å². The Labute approximate surface area is 333 Å². The molecule has 5 rings (SSSR count). The maximum atomic E-state index is 12.6. The molecule has 1 aliphatic heterocycles. The van der Waals surface area contributed by atoms with Gasteiger partial charge in [-0.2, -0.15) is 0 Å². The molecule has 0 spiro atoms. The van der Waals surface area contributed by atoms with Crippen molar-refractivity contribution in [3.05, 3.63) is 83.7 Å². The smallest absolute Gasteiger partial charge is 0.408 e. The van der Waals surface area contributed by atoms with E-state index in [9.17, 15) is 14.7 Å². The molecule has 0 bridgehead atoms. The molecule has 1 saturated heterocycles. The largest absolute Gasteiger partial charge is 0.480 e. The van der Waals surface area contributed by atoms with E-state index < -0.39 is 32.5 Å². The molecule has 304 valence electrons. The summed E-state index contributed by atoms with van der Waals surface area (Å²) in [6.45, 7) is 23.2. The number of benzene rings is 2. The van der Waals surface area contributed by atoms with Gasteiger partial charge in [0.25, 0.3) is 0 Å². The van der Waals surface area contributed by atoms with Crippen LogP contribution in [0.1, 0.15) is 77.8 Å². The van der Waals surface area contributed by atoms with Crippen molar-refractivity contribution in [2.24, 2.45) is 5.41 Å². The topological polar surface area (TPSA) is 124 Å². The maximum Gasteiger partial charge on any atom is 0.408 e. The van der Waals surface area contributed by atoms with Crippen molar-refractivity contribution in [3.63, 3.8) is 0 Å². The number of fused-ring (bicyclic) bond motifs is 1. The summed E-state index contributed by atoms with van der Waals surface area (Å²) in [5.41, 5.74) is 7.12. The van der Waals surface area contributed by atoms with Gasteiger partial charge in [-0.25, -0.2) is 9.59 Å². The Hall–Kier alpha value is -4.23. The summed E-state index contributed by atoms with van der Waals surface area (Å²) in [4.78, 5) is 32.0. The van der Waals surface area contributed by atoms with E-state index in [0.717, 1.165) is 52.1 Å². The Kier molecular flexibility index (Phi) is 13.7. The Bertz CT molecular complexity index is 1960. The van der Waals surface area contributed by atoms with E-state index in [4.69, 9.17) is 23.6 Å². The minimum absolute atomic E-state index is 0.0486. The second kappa shape index (κ2) is 17.9. The van der Waals surface area contributed by atoms with Crippen molar-refractivity contribution in [1.82, 2.24) is 14.9 Å². The Morgan fingerprint density at radius 3 is 2.46 bits per heavy atom. The number of ether oxygens (including phenoxy) is 3. The lowest BCUT2D eigenvalue weighted by atomic mass is 9.84. The van der Waals surface area contributed by atoms with Crippen molar-refractivity contribution in [3.8, 4) is 11.3 Å². The van der Waals surface area contributed by atoms with Gasteiger partial charge in [0.05, 0.1) is 30.2 Å². The number of pyridine rings is 1. The van der Waals surface area contributed by atoms with Crippen LogP contribution in [0.2, 0.25) is 18.1 Å². The van der Waals surface area contributed by atoms with Gasteiger partial charge < -0.3 is 38.5 Å². The van der Waals surface area contributed by atoms with Gasteiger partial charge in [-0.3, -0.25) is 4.98 Å². The first kappa shape index (κ1) is 42.9. The first-order valence-corrected chi connectivity index (χ1v) is 22.7. The summed E-state index contributed by atoms with van der Waals surface area (Å²) in [5.74, 6) is -1.14. The standard InChI is InChI=1S/C44H62N4O7Si/c1-11-48-38-20-19-32(47-22-23-53-33(27-47)25-37(41(49)50)46-42(51)54-28-31-16-13-12-14-17-31)24-35(38)36(26-44(6,7)29-55-56(9,10)43(3,4)5)40(48)34-18-15-21-45-39(34)30(2)52-8/h12-21,24,30,33,37H,11,22-23,25-29H2,1-10H3,(H,46,51)(H,49,50)/t30-,33-,37-/m0/s1. The van der Waals surface area contributed by atoms with E-state index in [1.807, 2.05) is 49.5 Å². The molecular weight excluding hydrogens is 725 g/mol. The van der Waals surface area contributed by atoms with Gasteiger partial charge in [0, 0.05) is 68.1 Å². The van der Waals surface area contributed by atoms with Gasteiger partial charge in [-0.15, -0.1) is 0 Å². The van der Waals surface area contributed by atoms with Crippen LogP contribution in [-0.4, -0.2) is 80.6 Å². The number of rotatable bonds is 16. The highest BCUT2D eigenvalue weighted by atomic mass is 28.4. The van der Waals surface area contributed by atoms with E-state index in [1.54, 1.807) is 7.11 Å². The van der Waals surface area contributed by atoms with E-state index in [0.29, 0.717) is 26.3 Å². The average Bonchev–Trinajstić information content (AvgIpc) is 3.47. The molecular formula is C44H62N4O7Si. The van der Waals surface area contributed by atoms with Crippen molar-refractivity contribution >= 4 is 37.0 Å². The fourth-order valence-electron chi connectivity index (χ4n) is 7.09. The summed E-state index contributed by atoms with van der Waals surface area (Å²) in [7, 11) is -0.278. The number of anilines is 1. The number of carbonyl (C=O) groups is 2. The van der Waals surface area contributed by atoms with Crippen LogP contribution in [0.5, 0.6) is 0 Å². The van der Waals surface area contributed by atoms with E-state index in [2.05, 4.69) is 93.7 Å². The molecule has 0 saturated carbocycles. The number of nitrogens with one attached hydrogen (secondary N) is 1. The zero-order valence-electron chi connectivity index (χ0n) is 35.0. The minimum atomic E-state index is -2.00. The number of carboxylic acids is 1. The lowest BCUT2D eigenvalue weighted by molar-refractivity contribution is -0.140. The number of hydrogen-bond acceptors (Lipinski definition) is 8. The highest BCUT2D eigenvalue weighted by Crippen LogP contribution is 2.43. The van der Waals surface area contributed by atoms with Gasteiger partial charge in [0.2, 0.25) is 0 Å². The van der Waals surface area contributed by atoms with Crippen molar-refractivity contribution < 1.29 is 33.3 Å². The molecule has 1 aliphatic rings. The Morgan fingerprint density at radius 2 is 1.80 bits per heavy atom. The van der Waals surface area contributed by atoms with E-state index in [1.165, 1.54) is 5.56 Å². The number of methoxy groups -OCH3 is 1. The summed E-state index contributed by atoms with van der Waals surface area (Å²) >= 11 is 0. The number of aryl methyl sites for hydroxylation is 1. The van der Waals surface area contributed by atoms with Crippen LogP contribution in [-0.2, 0) is 43.0 Å². The van der Waals surface area contributed by atoms with Gasteiger partial charge in [-0.1, -0.05) is 65.0 Å². The Balaban J connectivity index is 1.46. The monoisotopic (exact) mass is 786 g/mol. The van der Waals surface area contributed by atoms with Crippen LogP contribution in [0.25, 0.3) is 22.2 Å². The lowest BCUT2D eigenvalue weighted by Gasteiger charge is -2.39. The minimum Gasteiger partial charge on any atom is -0.480 e. The van der Waals surface area contributed by atoms with Crippen LogP contribution in [0.15, 0.2) is 66.9 Å². The number of carbonyl (C=O) groups excluding carboxylic acids is 1. The second-order valence-corrected chi connectivity index (χ2v) is 22.1. The normalized spacial score (nSPS) is 16.5. The van der Waals surface area contributed by atoms with Crippen LogP contribution in [0.3, 0.4) is 0 Å². The van der Waals surface area contributed by atoms with Crippen LogP contribution in [0.4, 0.5) is 10.5 Å². The third-order valence-electron chi connectivity index (χ3n) is 11.4. The molecule has 1 fully saturated rings. The molecule has 0 radical (unpaired) electrons. The van der Waals surface area contributed by atoms with Crippen molar-refractivity contribution in [2.75, 3.05) is 38.3 Å². The number of amides is 1. The molecule has 2 N–H and O–H groups in total. The second-order valence-electron chi connectivity index (χ2n) is 17.2. The maximum absolute atomic E-state index is 12.6. The quantitative estimate of drug-likeness (QED) is 0.107. The van der Waals surface area contributed by atoms with Gasteiger partial charge in [0.1, 0.15) is 12.6 Å². The summed E-state index contributed by atoms with van der Waals surface area (Å²) in [6, 6.07) is 18.9. The zero-order valence-corrected chi connectivity index (χ0v) is 36.0. The fraction of sp³-hybridized carbons (Fsp3) is 0.523. The SMILES string of the molecule is CCn1c(-c2cccnc2[C@H](C)OC)c(CC(C)(C)CO[Si](C)(C)C(C)(C)C)c2cc(N3CCO[C@@H](C[C@H](NC(=O)OCc4ccccc4)C(=O)O)C3)ccc21. The number of aliphatic carboxylic acids is 1.